The van der Waals surface area contributed by atoms with Crippen LogP contribution in [0.4, 0.5) is 16.4 Å². The van der Waals surface area contributed by atoms with Gasteiger partial charge in [0.1, 0.15) is 5.00 Å². The van der Waals surface area contributed by atoms with Gasteiger partial charge in [0.2, 0.25) is 0 Å². The van der Waals surface area contributed by atoms with Gasteiger partial charge in [-0.2, -0.15) is 0 Å². The molecule has 9 nitrogen and oxygen atoms in total. The summed E-state index contributed by atoms with van der Waals surface area (Å²) in [6.07, 6.45) is 0. The molecule has 1 aromatic heterocycles. The Morgan fingerprint density at radius 1 is 1.03 bits per heavy atom. The van der Waals surface area contributed by atoms with Gasteiger partial charge in [-0.05, 0) is 44.0 Å². The number of carbonyl (C=O) groups is 3. The van der Waals surface area contributed by atoms with Crippen molar-refractivity contribution in [2.24, 2.45) is 0 Å². The van der Waals surface area contributed by atoms with Gasteiger partial charge in [0, 0.05) is 23.4 Å². The van der Waals surface area contributed by atoms with Crippen LogP contribution >= 0.6 is 11.3 Å². The fourth-order valence-electron chi connectivity index (χ4n) is 3.15. The van der Waals surface area contributed by atoms with Crippen molar-refractivity contribution in [3.8, 4) is 0 Å². The Morgan fingerprint density at radius 2 is 1.76 bits per heavy atom. The summed E-state index contributed by atoms with van der Waals surface area (Å²) in [5.41, 5.74) is 1.67. The maximum absolute atomic E-state index is 12.9. The topological polar surface area (TPSA) is 128 Å². The number of amides is 2. The summed E-state index contributed by atoms with van der Waals surface area (Å²) in [4.78, 5) is 49.0. The number of thiophene rings is 1. The Labute approximate surface area is 193 Å². The van der Waals surface area contributed by atoms with E-state index in [-0.39, 0.29) is 33.4 Å². The second-order valence-corrected chi connectivity index (χ2v) is 8.03. The first-order valence-corrected chi connectivity index (χ1v) is 10.8. The van der Waals surface area contributed by atoms with Crippen LogP contribution in [0.1, 0.15) is 48.4 Å². The highest BCUT2D eigenvalue weighted by Gasteiger charge is 2.27. The average Bonchev–Trinajstić information content (AvgIpc) is 3.10. The number of non-ortho nitro benzene ring substituents is 1. The number of hydrogen-bond acceptors (Lipinski definition) is 7. The van der Waals surface area contributed by atoms with E-state index in [9.17, 15) is 24.5 Å². The van der Waals surface area contributed by atoms with Crippen molar-refractivity contribution in [3.05, 3.63) is 85.8 Å². The third kappa shape index (κ3) is 5.24. The van der Waals surface area contributed by atoms with Crippen LogP contribution in [0.5, 0.6) is 0 Å². The molecule has 0 fully saturated rings. The minimum atomic E-state index is -0.666. The molecule has 0 spiro atoms. The Morgan fingerprint density at radius 3 is 2.42 bits per heavy atom. The fourth-order valence-corrected chi connectivity index (χ4v) is 4.24. The molecule has 0 saturated heterocycles. The predicted octanol–water partition coefficient (Wildman–Crippen LogP) is 4.95. The zero-order valence-electron chi connectivity index (χ0n) is 18.1. The first kappa shape index (κ1) is 23.6. The third-order valence-corrected chi connectivity index (χ3v) is 5.97. The van der Waals surface area contributed by atoms with Crippen LogP contribution in [0.25, 0.3) is 0 Å². The predicted molar refractivity (Wildman–Crippen MR) is 125 cm³/mol. The lowest BCUT2D eigenvalue weighted by Gasteiger charge is -2.08. The Bertz CT molecular complexity index is 1250. The van der Waals surface area contributed by atoms with Crippen molar-refractivity contribution < 1.29 is 24.0 Å². The number of rotatable bonds is 7. The van der Waals surface area contributed by atoms with E-state index < -0.39 is 22.7 Å². The van der Waals surface area contributed by atoms with Gasteiger partial charge in [0.05, 0.1) is 22.0 Å². The number of nitrogens with zero attached hydrogens (tertiary/aromatic N) is 1. The molecule has 3 rings (SSSR count). The number of nitro groups is 1. The van der Waals surface area contributed by atoms with Crippen molar-refractivity contribution in [3.63, 3.8) is 0 Å². The van der Waals surface area contributed by atoms with Crippen LogP contribution < -0.4 is 10.6 Å². The Hall–Kier alpha value is -4.05. The van der Waals surface area contributed by atoms with Gasteiger partial charge in [-0.1, -0.05) is 24.3 Å². The average molecular weight is 468 g/mol. The van der Waals surface area contributed by atoms with Crippen molar-refractivity contribution in [1.29, 1.82) is 0 Å². The summed E-state index contributed by atoms with van der Waals surface area (Å²) >= 11 is 0.928. The second-order valence-electron chi connectivity index (χ2n) is 7.01. The first-order chi connectivity index (χ1) is 15.7. The van der Waals surface area contributed by atoms with E-state index in [0.717, 1.165) is 16.9 Å². The summed E-state index contributed by atoms with van der Waals surface area (Å²) < 4.78 is 5.12. The largest absolute Gasteiger partial charge is 0.462 e. The van der Waals surface area contributed by atoms with Crippen LogP contribution in [0, 0.1) is 24.0 Å². The Balaban J connectivity index is 1.96. The normalized spacial score (nSPS) is 10.4. The van der Waals surface area contributed by atoms with Crippen LogP contribution in [-0.4, -0.2) is 29.3 Å². The van der Waals surface area contributed by atoms with Gasteiger partial charge in [0.25, 0.3) is 17.5 Å². The van der Waals surface area contributed by atoms with Crippen molar-refractivity contribution in [1.82, 2.24) is 0 Å². The summed E-state index contributed by atoms with van der Waals surface area (Å²) in [6.45, 7) is 5.14. The molecule has 170 valence electrons. The highest BCUT2D eigenvalue weighted by atomic mass is 32.1. The summed E-state index contributed by atoms with van der Waals surface area (Å²) in [5, 5.41) is 16.5. The number of nitrogens with one attached hydrogen (secondary N) is 2. The molecule has 0 aliphatic rings. The molecule has 10 heteroatoms. The highest BCUT2D eigenvalue weighted by Crippen LogP contribution is 2.35. The van der Waals surface area contributed by atoms with Gasteiger partial charge in [0.15, 0.2) is 0 Å². The van der Waals surface area contributed by atoms with Crippen LogP contribution in [-0.2, 0) is 4.74 Å². The first-order valence-electron chi connectivity index (χ1n) is 9.96. The van der Waals surface area contributed by atoms with Gasteiger partial charge in [-0.15, -0.1) is 11.3 Å². The molecule has 1 heterocycles. The van der Waals surface area contributed by atoms with E-state index in [2.05, 4.69) is 10.6 Å². The molecule has 0 radical (unpaired) electrons. The molecule has 3 aromatic rings. The smallest absolute Gasteiger partial charge is 0.341 e. The molecule has 2 N–H and O–H groups in total. The Kier molecular flexibility index (Phi) is 7.19. The number of hydrogen-bond donors (Lipinski definition) is 2. The van der Waals surface area contributed by atoms with Crippen molar-refractivity contribution >= 4 is 45.5 Å². The number of nitro benzene ring substituents is 1. The standard InChI is InChI=1S/C23H21N3O6S/c1-4-32-23(29)18-14(3)19(21(28)24-15-9-7-10-16(12-15)26(30)31)33-22(18)25-20(27)17-11-6-5-8-13(17)2/h5-12H,4H2,1-3H3,(H,24,28)(H,25,27). The molecule has 33 heavy (non-hydrogen) atoms. The highest BCUT2D eigenvalue weighted by molar-refractivity contribution is 7.19. The maximum atomic E-state index is 12.9. The molecule has 0 atom stereocenters. The third-order valence-electron chi connectivity index (χ3n) is 4.76. The van der Waals surface area contributed by atoms with Crippen molar-refractivity contribution in [2.45, 2.75) is 20.8 Å². The zero-order valence-corrected chi connectivity index (χ0v) is 18.9. The molecule has 0 unspecified atom stereocenters. The molecule has 2 aromatic carbocycles. The van der Waals surface area contributed by atoms with Gasteiger partial charge in [-0.3, -0.25) is 19.7 Å². The monoisotopic (exact) mass is 467 g/mol. The van der Waals surface area contributed by atoms with E-state index in [1.165, 1.54) is 24.3 Å². The van der Waals surface area contributed by atoms with E-state index >= 15 is 0 Å². The number of anilines is 2. The van der Waals surface area contributed by atoms with E-state index in [4.69, 9.17) is 4.74 Å². The minimum Gasteiger partial charge on any atom is -0.462 e. The summed E-state index contributed by atoms with van der Waals surface area (Å²) in [6, 6.07) is 12.5. The van der Waals surface area contributed by atoms with Gasteiger partial charge in [-0.25, -0.2) is 4.79 Å². The maximum Gasteiger partial charge on any atom is 0.341 e. The number of aryl methyl sites for hydroxylation is 1. The van der Waals surface area contributed by atoms with E-state index in [0.29, 0.717) is 11.1 Å². The molecule has 0 bridgehead atoms. The number of ether oxygens (including phenoxy) is 1. The molecular formula is C23H21N3O6S. The van der Waals surface area contributed by atoms with Gasteiger partial charge < -0.3 is 15.4 Å². The van der Waals surface area contributed by atoms with E-state index in [1.54, 1.807) is 39.0 Å². The van der Waals surface area contributed by atoms with Crippen LogP contribution in [0.2, 0.25) is 0 Å². The second kappa shape index (κ2) is 10.0. The fraction of sp³-hybridized carbons (Fsp3) is 0.174. The van der Waals surface area contributed by atoms with Crippen LogP contribution in [0.15, 0.2) is 48.5 Å². The molecule has 2 amide bonds. The number of benzene rings is 2. The van der Waals surface area contributed by atoms with Crippen molar-refractivity contribution in [2.75, 3.05) is 17.2 Å². The molecule has 0 saturated carbocycles. The minimum absolute atomic E-state index is 0.0907. The lowest BCUT2D eigenvalue weighted by molar-refractivity contribution is -0.384. The molecular weight excluding hydrogens is 446 g/mol. The van der Waals surface area contributed by atoms with E-state index in [1.807, 2.05) is 6.07 Å². The SMILES string of the molecule is CCOC(=O)c1c(NC(=O)c2ccccc2C)sc(C(=O)Nc2cccc([N+](=O)[O-])c2)c1C. The van der Waals surface area contributed by atoms with Gasteiger partial charge >= 0.3 is 5.97 Å². The number of esters is 1. The summed E-state index contributed by atoms with van der Waals surface area (Å²) in [5.74, 6) is -1.66. The lowest BCUT2D eigenvalue weighted by Crippen LogP contribution is -2.16. The quantitative estimate of drug-likeness (QED) is 0.287. The lowest BCUT2D eigenvalue weighted by atomic mass is 10.1. The number of carbonyl (C=O) groups excluding carboxylic acids is 3. The summed E-state index contributed by atoms with van der Waals surface area (Å²) in [7, 11) is 0. The zero-order chi connectivity index (χ0) is 24.1. The van der Waals surface area contributed by atoms with Crippen LogP contribution in [0.3, 0.4) is 0 Å². The molecule has 0 aliphatic carbocycles. The molecule has 0 aliphatic heterocycles.